The third-order valence-corrected chi connectivity index (χ3v) is 5.55. The summed E-state index contributed by atoms with van der Waals surface area (Å²) >= 11 is 0. The minimum Gasteiger partial charge on any atom is -0.507 e. The van der Waals surface area contributed by atoms with Crippen LogP contribution in [0.4, 0.5) is 0 Å². The molecule has 188 valence electrons. The lowest BCUT2D eigenvalue weighted by molar-refractivity contribution is -0.140. The van der Waals surface area contributed by atoms with Gasteiger partial charge in [0.2, 0.25) is 0 Å². The molecule has 1 atom stereocenters. The molecule has 35 heavy (non-hydrogen) atoms. The van der Waals surface area contributed by atoms with E-state index in [4.69, 9.17) is 18.9 Å². The van der Waals surface area contributed by atoms with Gasteiger partial charge in [0.25, 0.3) is 11.7 Å². The highest BCUT2D eigenvalue weighted by molar-refractivity contribution is 6.46. The number of carbonyl (C=O) groups excluding carboxylic acids is 2. The lowest BCUT2D eigenvalue weighted by Crippen LogP contribution is -2.33. The zero-order valence-corrected chi connectivity index (χ0v) is 20.9. The predicted molar refractivity (Wildman–Crippen MR) is 132 cm³/mol. The van der Waals surface area contributed by atoms with Crippen molar-refractivity contribution in [2.24, 2.45) is 0 Å². The van der Waals surface area contributed by atoms with Gasteiger partial charge in [-0.2, -0.15) is 0 Å². The Morgan fingerprint density at radius 2 is 1.77 bits per heavy atom. The Morgan fingerprint density at radius 3 is 2.43 bits per heavy atom. The highest BCUT2D eigenvalue weighted by atomic mass is 16.5. The zero-order valence-electron chi connectivity index (χ0n) is 20.9. The van der Waals surface area contributed by atoms with Crippen LogP contribution < -0.4 is 14.2 Å². The van der Waals surface area contributed by atoms with Gasteiger partial charge in [0.1, 0.15) is 23.0 Å². The molecule has 8 nitrogen and oxygen atoms in total. The van der Waals surface area contributed by atoms with E-state index in [2.05, 4.69) is 0 Å². The normalized spacial score (nSPS) is 17.2. The van der Waals surface area contributed by atoms with Crippen LogP contribution in [-0.4, -0.2) is 61.3 Å². The molecular weight excluding hydrogens is 450 g/mol. The molecule has 0 aromatic heterocycles. The minimum atomic E-state index is -0.818. The second kappa shape index (κ2) is 11.8. The molecule has 2 aromatic carbocycles. The van der Waals surface area contributed by atoms with Crippen molar-refractivity contribution in [3.8, 4) is 17.2 Å². The summed E-state index contributed by atoms with van der Waals surface area (Å²) in [6, 6.07) is 11.3. The number of hydrogen-bond donors (Lipinski definition) is 1. The Bertz CT molecular complexity index is 1090. The van der Waals surface area contributed by atoms with Crippen LogP contribution in [0.1, 0.15) is 44.9 Å². The van der Waals surface area contributed by atoms with Crippen molar-refractivity contribution in [2.45, 2.75) is 39.8 Å². The van der Waals surface area contributed by atoms with Gasteiger partial charge in [0.15, 0.2) is 0 Å². The first-order valence-electron chi connectivity index (χ1n) is 11.8. The first-order chi connectivity index (χ1) is 16.8. The molecule has 0 saturated carbocycles. The molecule has 0 spiro atoms. The lowest BCUT2D eigenvalue weighted by atomic mass is 9.94. The molecule has 1 aliphatic heterocycles. The summed E-state index contributed by atoms with van der Waals surface area (Å²) in [5.74, 6) is -0.276. The largest absolute Gasteiger partial charge is 0.507 e. The quantitative estimate of drug-likeness (QED) is 0.289. The maximum Gasteiger partial charge on any atom is 0.295 e. The summed E-state index contributed by atoms with van der Waals surface area (Å²) in [6.07, 6.45) is -0.0281. The van der Waals surface area contributed by atoms with Crippen LogP contribution >= 0.6 is 0 Å². The van der Waals surface area contributed by atoms with Crippen molar-refractivity contribution >= 4 is 17.4 Å². The van der Waals surface area contributed by atoms with Crippen LogP contribution in [0.3, 0.4) is 0 Å². The smallest absolute Gasteiger partial charge is 0.295 e. The summed E-state index contributed by atoms with van der Waals surface area (Å²) in [4.78, 5) is 27.8. The Balaban J connectivity index is 2.16. The number of benzene rings is 2. The molecule has 3 rings (SSSR count). The number of Topliss-reactive ketones (excluding diaryl/α,β-unsaturated/α-hetero) is 1. The van der Waals surface area contributed by atoms with E-state index in [1.54, 1.807) is 49.6 Å². The van der Waals surface area contributed by atoms with Gasteiger partial charge in [-0.15, -0.1) is 0 Å². The molecule has 1 unspecified atom stereocenters. The van der Waals surface area contributed by atoms with E-state index < -0.39 is 17.7 Å². The third kappa shape index (κ3) is 5.77. The molecule has 1 fully saturated rings. The minimum absolute atomic E-state index is 0.0158. The Kier molecular flexibility index (Phi) is 8.76. The topological polar surface area (TPSA) is 94.5 Å². The Labute approximate surface area is 206 Å². The average molecular weight is 484 g/mol. The van der Waals surface area contributed by atoms with E-state index >= 15 is 0 Å². The third-order valence-electron chi connectivity index (χ3n) is 5.55. The monoisotopic (exact) mass is 483 g/mol. The van der Waals surface area contributed by atoms with Crippen molar-refractivity contribution in [3.63, 3.8) is 0 Å². The van der Waals surface area contributed by atoms with Gasteiger partial charge in [0, 0.05) is 12.6 Å². The summed E-state index contributed by atoms with van der Waals surface area (Å²) < 4.78 is 22.3. The van der Waals surface area contributed by atoms with E-state index in [9.17, 15) is 14.7 Å². The van der Waals surface area contributed by atoms with Gasteiger partial charge < -0.3 is 29.0 Å². The fourth-order valence-electron chi connectivity index (χ4n) is 4.03. The van der Waals surface area contributed by atoms with Crippen LogP contribution in [0.2, 0.25) is 0 Å². The summed E-state index contributed by atoms with van der Waals surface area (Å²) in [5, 5.41) is 11.4. The van der Waals surface area contributed by atoms with Gasteiger partial charge in [-0.3, -0.25) is 9.59 Å². The van der Waals surface area contributed by atoms with Crippen molar-refractivity contribution in [1.82, 2.24) is 4.90 Å². The number of ether oxygens (including phenoxy) is 4. The van der Waals surface area contributed by atoms with Crippen LogP contribution in [0.5, 0.6) is 17.2 Å². The fraction of sp³-hybridized carbons (Fsp3) is 0.407. The van der Waals surface area contributed by atoms with Gasteiger partial charge in [0.05, 0.1) is 50.2 Å². The SMILES string of the molecule is CCOc1ccc(/C(O)=C2/C(=O)C(=O)N(CCOC(C)C)C2c2cccc(OC)c2)c(OCC)c1. The molecule has 1 heterocycles. The molecule has 8 heteroatoms. The van der Waals surface area contributed by atoms with E-state index in [0.717, 1.165) is 0 Å². The van der Waals surface area contributed by atoms with Crippen molar-refractivity contribution in [2.75, 3.05) is 33.5 Å². The Hall–Kier alpha value is -3.52. The van der Waals surface area contributed by atoms with Crippen molar-refractivity contribution in [1.29, 1.82) is 0 Å². The van der Waals surface area contributed by atoms with E-state index in [-0.39, 0.29) is 30.6 Å². The number of aliphatic hydroxyl groups excluding tert-OH is 1. The molecule has 1 N–H and O–H groups in total. The molecule has 0 bridgehead atoms. The maximum absolute atomic E-state index is 13.3. The van der Waals surface area contributed by atoms with Crippen LogP contribution in [0, 0.1) is 0 Å². The summed E-state index contributed by atoms with van der Waals surface area (Å²) in [5.41, 5.74) is 0.927. The Morgan fingerprint density at radius 1 is 1.03 bits per heavy atom. The first-order valence-corrected chi connectivity index (χ1v) is 11.8. The molecule has 1 amide bonds. The van der Waals surface area contributed by atoms with Crippen LogP contribution in [-0.2, 0) is 14.3 Å². The molecule has 1 aliphatic rings. The maximum atomic E-state index is 13.3. The number of aliphatic hydroxyl groups is 1. The fourth-order valence-corrected chi connectivity index (χ4v) is 4.03. The summed E-state index contributed by atoms with van der Waals surface area (Å²) in [7, 11) is 1.54. The van der Waals surface area contributed by atoms with Crippen LogP contribution in [0.25, 0.3) is 5.76 Å². The highest BCUT2D eigenvalue weighted by Gasteiger charge is 2.46. The predicted octanol–water partition coefficient (Wildman–Crippen LogP) is 4.34. The number of carbonyl (C=O) groups is 2. The first kappa shape index (κ1) is 26.1. The summed E-state index contributed by atoms with van der Waals surface area (Å²) in [6.45, 7) is 8.73. The highest BCUT2D eigenvalue weighted by Crippen LogP contribution is 2.42. The number of hydrogen-bond acceptors (Lipinski definition) is 7. The zero-order chi connectivity index (χ0) is 25.5. The molecule has 0 aliphatic carbocycles. The number of nitrogens with zero attached hydrogens (tertiary/aromatic N) is 1. The van der Waals surface area contributed by atoms with Gasteiger partial charge in [-0.25, -0.2) is 0 Å². The van der Waals surface area contributed by atoms with Crippen molar-refractivity contribution in [3.05, 3.63) is 59.2 Å². The van der Waals surface area contributed by atoms with E-state index in [0.29, 0.717) is 41.6 Å². The number of methoxy groups -OCH3 is 1. The molecular formula is C27H33NO7. The molecule has 0 radical (unpaired) electrons. The lowest BCUT2D eigenvalue weighted by Gasteiger charge is -2.26. The molecule has 2 aromatic rings. The standard InChI is InChI=1S/C27H33NO7/c1-6-33-20-11-12-21(22(16-20)34-7-2)25(29)23-24(18-9-8-10-19(15-18)32-5)28(27(31)26(23)30)13-14-35-17(3)4/h8-12,15-17,24,29H,6-7,13-14H2,1-5H3/b25-23-. The van der Waals surface area contributed by atoms with E-state index in [1.807, 2.05) is 27.7 Å². The van der Waals surface area contributed by atoms with Gasteiger partial charge in [-0.1, -0.05) is 12.1 Å². The number of rotatable bonds is 11. The molecule has 1 saturated heterocycles. The number of likely N-dealkylation sites (tertiary alicyclic amines) is 1. The van der Waals surface area contributed by atoms with Crippen molar-refractivity contribution < 1.29 is 33.6 Å². The average Bonchev–Trinajstić information content (AvgIpc) is 3.09. The van der Waals surface area contributed by atoms with Gasteiger partial charge >= 0.3 is 0 Å². The number of ketones is 1. The van der Waals surface area contributed by atoms with Gasteiger partial charge in [-0.05, 0) is 57.5 Å². The van der Waals surface area contributed by atoms with Crippen LogP contribution in [0.15, 0.2) is 48.0 Å². The second-order valence-electron chi connectivity index (χ2n) is 8.21. The van der Waals surface area contributed by atoms with E-state index in [1.165, 1.54) is 4.90 Å². The number of amides is 1. The second-order valence-corrected chi connectivity index (χ2v) is 8.21.